The summed E-state index contributed by atoms with van der Waals surface area (Å²) in [5.41, 5.74) is 8.38. The molecular weight excluding hydrogens is 405 g/mol. The molecular formula is C23H23F3N4O. The quantitative estimate of drug-likeness (QED) is 0.624. The normalized spacial score (nSPS) is 16.5. The van der Waals surface area contributed by atoms with E-state index in [4.69, 9.17) is 11.0 Å². The second-order valence-electron chi connectivity index (χ2n) is 7.52. The van der Waals surface area contributed by atoms with Crippen LogP contribution < -0.4 is 11.1 Å². The van der Waals surface area contributed by atoms with Crippen LogP contribution in [0, 0.1) is 11.3 Å². The van der Waals surface area contributed by atoms with Gasteiger partial charge in [0.15, 0.2) is 0 Å². The molecule has 0 saturated heterocycles. The van der Waals surface area contributed by atoms with Crippen molar-refractivity contribution < 1.29 is 18.0 Å². The summed E-state index contributed by atoms with van der Waals surface area (Å²) in [7, 11) is 0. The first-order valence-electron chi connectivity index (χ1n) is 10.1. The van der Waals surface area contributed by atoms with Gasteiger partial charge in [0.05, 0.1) is 11.6 Å². The molecule has 0 unspecified atom stereocenters. The predicted octanol–water partition coefficient (Wildman–Crippen LogP) is 5.56. The Bertz CT molecular complexity index is 1030. The monoisotopic (exact) mass is 428 g/mol. The van der Waals surface area contributed by atoms with E-state index >= 15 is 0 Å². The standard InChI is InChI=1S/C23H23F3N4O/c1-2-18(22(31)29-17-9-3-14(13-27)4-10-17)15-5-7-16(8-6-15)19-11-12-20(23(24,25)26)30-21(19)28/h3-4,9-12,16H,2,5-8H2,1H3,(H2,28,30)(H,29,31). The number of nitriles is 1. The Kier molecular flexibility index (Phi) is 6.64. The van der Waals surface area contributed by atoms with Crippen LogP contribution in [0.4, 0.5) is 24.7 Å². The van der Waals surface area contributed by atoms with E-state index in [-0.39, 0.29) is 17.6 Å². The smallest absolute Gasteiger partial charge is 0.383 e. The molecule has 1 fully saturated rings. The molecule has 3 rings (SSSR count). The van der Waals surface area contributed by atoms with Crippen molar-refractivity contribution in [2.75, 3.05) is 11.1 Å². The van der Waals surface area contributed by atoms with Crippen LogP contribution in [0.25, 0.3) is 0 Å². The molecule has 0 bridgehead atoms. The maximum Gasteiger partial charge on any atom is 0.433 e. The molecule has 1 saturated carbocycles. The molecule has 3 N–H and O–H groups in total. The summed E-state index contributed by atoms with van der Waals surface area (Å²) < 4.78 is 38.4. The van der Waals surface area contributed by atoms with Gasteiger partial charge in [-0.15, -0.1) is 0 Å². The van der Waals surface area contributed by atoms with E-state index in [9.17, 15) is 18.0 Å². The Balaban J connectivity index is 1.70. The minimum Gasteiger partial charge on any atom is -0.383 e. The van der Waals surface area contributed by atoms with Gasteiger partial charge in [-0.25, -0.2) is 4.98 Å². The van der Waals surface area contributed by atoms with Crippen LogP contribution in [-0.2, 0) is 11.0 Å². The number of nitrogens with two attached hydrogens (primary N) is 1. The van der Waals surface area contributed by atoms with E-state index in [1.165, 1.54) is 6.07 Å². The number of rotatable bonds is 4. The predicted molar refractivity (Wildman–Crippen MR) is 112 cm³/mol. The fraction of sp³-hybridized carbons (Fsp3) is 0.348. The lowest BCUT2D eigenvalue weighted by molar-refractivity contribution is -0.141. The van der Waals surface area contributed by atoms with Crippen molar-refractivity contribution in [3.63, 3.8) is 0 Å². The number of allylic oxidation sites excluding steroid dienone is 1. The van der Waals surface area contributed by atoms with Crippen LogP contribution in [0.2, 0.25) is 0 Å². The Hall–Kier alpha value is -3.34. The number of hydrogen-bond donors (Lipinski definition) is 2. The van der Waals surface area contributed by atoms with Gasteiger partial charge in [0, 0.05) is 11.3 Å². The maximum absolute atomic E-state index is 12.8. The molecule has 1 amide bonds. The molecule has 0 aliphatic heterocycles. The van der Waals surface area contributed by atoms with E-state index in [0.29, 0.717) is 48.9 Å². The molecule has 2 aromatic rings. The van der Waals surface area contributed by atoms with Crippen molar-refractivity contribution in [3.8, 4) is 6.07 Å². The van der Waals surface area contributed by atoms with Crippen molar-refractivity contribution in [2.24, 2.45) is 0 Å². The van der Waals surface area contributed by atoms with Gasteiger partial charge >= 0.3 is 6.18 Å². The van der Waals surface area contributed by atoms with Crippen LogP contribution >= 0.6 is 0 Å². The molecule has 1 aliphatic carbocycles. The summed E-state index contributed by atoms with van der Waals surface area (Å²) in [5.74, 6) is -0.240. The Morgan fingerprint density at radius 3 is 2.35 bits per heavy atom. The van der Waals surface area contributed by atoms with Crippen molar-refractivity contribution in [1.29, 1.82) is 5.26 Å². The maximum atomic E-state index is 12.8. The number of nitrogens with one attached hydrogen (secondary N) is 1. The average molecular weight is 428 g/mol. The van der Waals surface area contributed by atoms with Crippen molar-refractivity contribution >= 4 is 17.4 Å². The van der Waals surface area contributed by atoms with E-state index in [1.54, 1.807) is 24.3 Å². The number of anilines is 2. The van der Waals surface area contributed by atoms with Crippen molar-refractivity contribution in [3.05, 3.63) is 64.4 Å². The Labute approximate surface area is 178 Å². The summed E-state index contributed by atoms with van der Waals surface area (Å²) in [6.07, 6.45) is -1.20. The van der Waals surface area contributed by atoms with E-state index < -0.39 is 11.9 Å². The fourth-order valence-corrected chi connectivity index (χ4v) is 3.97. The lowest BCUT2D eigenvalue weighted by atomic mass is 9.79. The number of alkyl halides is 3. The highest BCUT2D eigenvalue weighted by molar-refractivity contribution is 6.04. The van der Waals surface area contributed by atoms with Gasteiger partial charge in [0.1, 0.15) is 11.5 Å². The minimum absolute atomic E-state index is 0.0122. The molecule has 1 aliphatic rings. The van der Waals surface area contributed by atoms with Gasteiger partial charge in [-0.1, -0.05) is 18.6 Å². The molecule has 1 aromatic heterocycles. The summed E-state index contributed by atoms with van der Waals surface area (Å²) in [6, 6.07) is 11.1. The zero-order valence-electron chi connectivity index (χ0n) is 17.1. The van der Waals surface area contributed by atoms with Gasteiger partial charge in [-0.3, -0.25) is 4.79 Å². The molecule has 1 heterocycles. The van der Waals surface area contributed by atoms with Gasteiger partial charge in [-0.2, -0.15) is 18.4 Å². The number of aromatic nitrogens is 1. The van der Waals surface area contributed by atoms with E-state index in [1.807, 2.05) is 13.0 Å². The number of carbonyl (C=O) groups is 1. The SMILES string of the molecule is CCC(C(=O)Nc1ccc(C#N)cc1)=C1CCC(c2ccc(C(F)(F)F)nc2N)CC1. The molecule has 8 heteroatoms. The molecule has 0 spiro atoms. The second-order valence-corrected chi connectivity index (χ2v) is 7.52. The third kappa shape index (κ3) is 5.23. The van der Waals surface area contributed by atoms with E-state index in [0.717, 1.165) is 17.2 Å². The number of nitrogen functional groups attached to an aromatic ring is 1. The van der Waals surface area contributed by atoms with Crippen LogP contribution in [0.15, 0.2) is 47.5 Å². The lowest BCUT2D eigenvalue weighted by Crippen LogP contribution is -2.19. The number of benzene rings is 1. The van der Waals surface area contributed by atoms with Gasteiger partial charge in [-0.05, 0) is 73.9 Å². The topological polar surface area (TPSA) is 91.8 Å². The van der Waals surface area contributed by atoms with Gasteiger partial charge in [0.25, 0.3) is 5.91 Å². The van der Waals surface area contributed by atoms with E-state index in [2.05, 4.69) is 10.3 Å². The van der Waals surface area contributed by atoms with Crippen LogP contribution in [0.5, 0.6) is 0 Å². The molecule has 1 aromatic carbocycles. The average Bonchev–Trinajstić information content (AvgIpc) is 2.75. The molecule has 31 heavy (non-hydrogen) atoms. The third-order valence-electron chi connectivity index (χ3n) is 5.60. The molecule has 5 nitrogen and oxygen atoms in total. The van der Waals surface area contributed by atoms with Gasteiger partial charge in [0.2, 0.25) is 0 Å². The summed E-state index contributed by atoms with van der Waals surface area (Å²) in [4.78, 5) is 16.3. The highest BCUT2D eigenvalue weighted by atomic mass is 19.4. The molecule has 0 radical (unpaired) electrons. The van der Waals surface area contributed by atoms with Gasteiger partial charge < -0.3 is 11.1 Å². The number of nitrogens with zero attached hydrogens (tertiary/aromatic N) is 2. The van der Waals surface area contributed by atoms with Crippen LogP contribution in [-0.4, -0.2) is 10.9 Å². The first-order chi connectivity index (χ1) is 14.7. The lowest BCUT2D eigenvalue weighted by Gasteiger charge is -2.27. The Morgan fingerprint density at radius 2 is 1.84 bits per heavy atom. The number of carbonyl (C=O) groups excluding carboxylic acids is 1. The Morgan fingerprint density at radius 1 is 1.19 bits per heavy atom. The highest BCUT2D eigenvalue weighted by Crippen LogP contribution is 2.40. The minimum atomic E-state index is -4.52. The van der Waals surface area contributed by atoms with Crippen molar-refractivity contribution in [2.45, 2.75) is 51.1 Å². The molecule has 162 valence electrons. The number of amides is 1. The second kappa shape index (κ2) is 9.21. The van der Waals surface area contributed by atoms with Crippen LogP contribution in [0.1, 0.15) is 61.8 Å². The number of pyridine rings is 1. The van der Waals surface area contributed by atoms with Crippen LogP contribution in [0.3, 0.4) is 0 Å². The summed E-state index contributed by atoms with van der Waals surface area (Å²) in [6.45, 7) is 1.92. The number of halogens is 3. The largest absolute Gasteiger partial charge is 0.433 e. The number of hydrogen-bond acceptors (Lipinski definition) is 4. The van der Waals surface area contributed by atoms with Crippen molar-refractivity contribution in [1.82, 2.24) is 4.98 Å². The zero-order chi connectivity index (χ0) is 22.6. The fourth-order valence-electron chi connectivity index (χ4n) is 3.97. The highest BCUT2D eigenvalue weighted by Gasteiger charge is 2.33. The molecule has 0 atom stereocenters. The summed E-state index contributed by atoms with van der Waals surface area (Å²) in [5, 5.41) is 11.7. The third-order valence-corrected chi connectivity index (χ3v) is 5.60. The summed E-state index contributed by atoms with van der Waals surface area (Å²) >= 11 is 0. The first kappa shape index (κ1) is 22.3. The first-order valence-corrected chi connectivity index (χ1v) is 10.1. The zero-order valence-corrected chi connectivity index (χ0v) is 17.1.